The monoisotopic (exact) mass is 294 g/mol. The highest BCUT2D eigenvalue weighted by Crippen LogP contribution is 2.36. The van der Waals surface area contributed by atoms with Crippen LogP contribution in [0.1, 0.15) is 5.76 Å². The zero-order valence-electron chi connectivity index (χ0n) is 8.51. The SMILES string of the molecule is O=C1OC(O)C(c2cc3ccccc3o2)=C1Br. The van der Waals surface area contributed by atoms with Crippen LogP contribution in [0.4, 0.5) is 0 Å². The molecule has 3 rings (SSSR count). The fraction of sp³-hybridized carbons (Fsp3) is 0.0833. The molecular formula is C12H7BrO4. The molecule has 2 aromatic rings. The zero-order chi connectivity index (χ0) is 12.0. The quantitative estimate of drug-likeness (QED) is 0.821. The van der Waals surface area contributed by atoms with Gasteiger partial charge in [0.1, 0.15) is 15.8 Å². The van der Waals surface area contributed by atoms with Crippen molar-refractivity contribution < 1.29 is 19.1 Å². The number of aliphatic hydroxyl groups excluding tert-OH is 1. The lowest BCUT2D eigenvalue weighted by molar-refractivity contribution is -0.149. The van der Waals surface area contributed by atoms with Crippen LogP contribution in [0, 0.1) is 0 Å². The summed E-state index contributed by atoms with van der Waals surface area (Å²) in [5.74, 6) is -0.163. The van der Waals surface area contributed by atoms with Crippen LogP contribution in [0.15, 0.2) is 39.2 Å². The number of hydrogen-bond acceptors (Lipinski definition) is 4. The van der Waals surface area contributed by atoms with E-state index in [4.69, 9.17) is 4.42 Å². The third-order valence-corrected chi connectivity index (χ3v) is 3.32. The van der Waals surface area contributed by atoms with Gasteiger partial charge in [0.25, 0.3) is 0 Å². The van der Waals surface area contributed by atoms with Crippen LogP contribution in [0.3, 0.4) is 0 Å². The maximum atomic E-state index is 11.3. The number of benzene rings is 1. The minimum Gasteiger partial charge on any atom is -0.456 e. The normalized spacial score (nSPS) is 20.1. The molecular weight excluding hydrogens is 288 g/mol. The van der Waals surface area contributed by atoms with Crippen molar-refractivity contribution >= 4 is 38.4 Å². The van der Waals surface area contributed by atoms with Gasteiger partial charge >= 0.3 is 5.97 Å². The Bertz CT molecular complexity index is 608. The van der Waals surface area contributed by atoms with Crippen molar-refractivity contribution in [2.24, 2.45) is 0 Å². The van der Waals surface area contributed by atoms with E-state index in [1.54, 1.807) is 6.07 Å². The zero-order valence-corrected chi connectivity index (χ0v) is 10.1. The molecule has 1 N–H and O–H groups in total. The van der Waals surface area contributed by atoms with Crippen LogP contribution < -0.4 is 0 Å². The minimum absolute atomic E-state index is 0.198. The van der Waals surface area contributed by atoms with Gasteiger partial charge < -0.3 is 14.3 Å². The number of ether oxygens (including phenoxy) is 1. The van der Waals surface area contributed by atoms with Gasteiger partial charge in [-0.15, -0.1) is 0 Å². The van der Waals surface area contributed by atoms with E-state index < -0.39 is 12.3 Å². The number of aliphatic hydroxyl groups is 1. The Morgan fingerprint density at radius 3 is 2.71 bits per heavy atom. The van der Waals surface area contributed by atoms with E-state index in [1.807, 2.05) is 24.3 Å². The second kappa shape index (κ2) is 3.72. The lowest BCUT2D eigenvalue weighted by Crippen LogP contribution is -2.08. The average molecular weight is 295 g/mol. The van der Waals surface area contributed by atoms with Crippen LogP contribution >= 0.6 is 15.9 Å². The number of rotatable bonds is 1. The number of furan rings is 1. The Hall–Kier alpha value is -1.59. The first-order chi connectivity index (χ1) is 8.16. The number of halogens is 1. The molecule has 0 amide bonds. The molecule has 1 aromatic carbocycles. The lowest BCUT2D eigenvalue weighted by atomic mass is 10.2. The Labute approximate surface area is 105 Å². The summed E-state index contributed by atoms with van der Waals surface area (Å²) in [6, 6.07) is 9.21. The molecule has 0 bridgehead atoms. The van der Waals surface area contributed by atoms with E-state index in [9.17, 15) is 9.90 Å². The maximum absolute atomic E-state index is 11.3. The summed E-state index contributed by atoms with van der Waals surface area (Å²) < 4.78 is 10.4. The molecule has 1 aliphatic heterocycles. The maximum Gasteiger partial charge on any atom is 0.348 e. The molecule has 17 heavy (non-hydrogen) atoms. The van der Waals surface area contributed by atoms with Gasteiger partial charge in [0, 0.05) is 5.39 Å². The first-order valence-electron chi connectivity index (χ1n) is 4.94. The molecule has 1 atom stereocenters. The summed E-state index contributed by atoms with van der Waals surface area (Å²) in [5, 5.41) is 10.5. The molecule has 0 radical (unpaired) electrons. The van der Waals surface area contributed by atoms with Crippen LogP contribution in [-0.2, 0) is 9.53 Å². The van der Waals surface area contributed by atoms with Crippen LogP contribution in [0.25, 0.3) is 16.5 Å². The van der Waals surface area contributed by atoms with Gasteiger partial charge in [-0.2, -0.15) is 0 Å². The third-order valence-electron chi connectivity index (χ3n) is 2.57. The summed E-state index contributed by atoms with van der Waals surface area (Å²) in [5.41, 5.74) is 1.02. The summed E-state index contributed by atoms with van der Waals surface area (Å²) in [7, 11) is 0. The molecule has 0 saturated carbocycles. The van der Waals surface area contributed by atoms with Crippen molar-refractivity contribution in [1.82, 2.24) is 0 Å². The topological polar surface area (TPSA) is 59.7 Å². The summed E-state index contributed by atoms with van der Waals surface area (Å²) in [6.07, 6.45) is -1.28. The molecule has 0 spiro atoms. The van der Waals surface area contributed by atoms with Gasteiger partial charge in [-0.3, -0.25) is 0 Å². The van der Waals surface area contributed by atoms with E-state index in [0.717, 1.165) is 5.39 Å². The summed E-state index contributed by atoms with van der Waals surface area (Å²) in [6.45, 7) is 0. The van der Waals surface area contributed by atoms with Gasteiger partial charge in [0.2, 0.25) is 6.29 Å². The lowest BCUT2D eigenvalue weighted by Gasteiger charge is -2.03. The Balaban J connectivity index is 2.19. The molecule has 0 fully saturated rings. The number of hydrogen-bond donors (Lipinski definition) is 1. The average Bonchev–Trinajstić information content (AvgIpc) is 2.81. The van der Waals surface area contributed by atoms with Crippen LogP contribution in [0.5, 0.6) is 0 Å². The molecule has 86 valence electrons. The number of para-hydroxylation sites is 1. The second-order valence-corrected chi connectivity index (χ2v) is 4.43. The number of fused-ring (bicyclic) bond motifs is 1. The van der Waals surface area contributed by atoms with E-state index >= 15 is 0 Å². The number of cyclic esters (lactones) is 1. The molecule has 1 aliphatic rings. The third kappa shape index (κ3) is 1.59. The van der Waals surface area contributed by atoms with Crippen molar-refractivity contribution in [2.45, 2.75) is 6.29 Å². The van der Waals surface area contributed by atoms with Gasteiger partial charge in [-0.1, -0.05) is 18.2 Å². The summed E-state index contributed by atoms with van der Waals surface area (Å²) in [4.78, 5) is 11.3. The molecule has 0 saturated heterocycles. The molecule has 5 heteroatoms. The van der Waals surface area contributed by atoms with Crippen LogP contribution in [0.2, 0.25) is 0 Å². The number of carbonyl (C=O) groups excluding carboxylic acids is 1. The van der Waals surface area contributed by atoms with E-state index in [2.05, 4.69) is 20.7 Å². The first-order valence-corrected chi connectivity index (χ1v) is 5.74. The van der Waals surface area contributed by atoms with E-state index in [-0.39, 0.29) is 4.48 Å². The van der Waals surface area contributed by atoms with Crippen molar-refractivity contribution in [3.8, 4) is 0 Å². The molecule has 1 aromatic heterocycles. The second-order valence-electron chi connectivity index (χ2n) is 3.63. The Morgan fingerprint density at radius 2 is 2.06 bits per heavy atom. The fourth-order valence-electron chi connectivity index (χ4n) is 1.77. The van der Waals surface area contributed by atoms with Gasteiger partial charge in [-0.05, 0) is 28.1 Å². The van der Waals surface area contributed by atoms with Crippen molar-refractivity contribution in [3.63, 3.8) is 0 Å². The Kier molecular flexibility index (Phi) is 2.31. The largest absolute Gasteiger partial charge is 0.456 e. The molecule has 1 unspecified atom stereocenters. The number of esters is 1. The van der Waals surface area contributed by atoms with E-state index in [0.29, 0.717) is 16.9 Å². The number of carbonyl (C=O) groups is 1. The molecule has 4 nitrogen and oxygen atoms in total. The highest BCUT2D eigenvalue weighted by atomic mass is 79.9. The highest BCUT2D eigenvalue weighted by molar-refractivity contribution is 9.12. The first kappa shape index (κ1) is 10.6. The minimum atomic E-state index is -1.28. The predicted molar refractivity (Wildman–Crippen MR) is 64.2 cm³/mol. The smallest absolute Gasteiger partial charge is 0.348 e. The van der Waals surface area contributed by atoms with Gasteiger partial charge in [0.15, 0.2) is 0 Å². The van der Waals surface area contributed by atoms with Crippen molar-refractivity contribution in [2.75, 3.05) is 0 Å². The van der Waals surface area contributed by atoms with E-state index in [1.165, 1.54) is 0 Å². The molecule has 2 heterocycles. The Morgan fingerprint density at radius 1 is 1.29 bits per heavy atom. The van der Waals surface area contributed by atoms with Crippen LogP contribution in [-0.4, -0.2) is 17.4 Å². The van der Waals surface area contributed by atoms with Gasteiger partial charge in [0.05, 0.1) is 5.57 Å². The highest BCUT2D eigenvalue weighted by Gasteiger charge is 2.34. The predicted octanol–water partition coefficient (Wildman–Crippen LogP) is 2.41. The standard InChI is InChI=1S/C12H7BrO4/c13-10-9(11(14)17-12(10)15)8-5-6-3-1-2-4-7(6)16-8/h1-5,11,14H. The van der Waals surface area contributed by atoms with Crippen molar-refractivity contribution in [1.29, 1.82) is 0 Å². The van der Waals surface area contributed by atoms with Crippen molar-refractivity contribution in [3.05, 3.63) is 40.6 Å². The molecule has 0 aliphatic carbocycles. The fourth-order valence-corrected chi connectivity index (χ4v) is 2.26. The summed E-state index contributed by atoms with van der Waals surface area (Å²) >= 11 is 3.09. The van der Waals surface area contributed by atoms with Gasteiger partial charge in [-0.25, -0.2) is 4.79 Å².